The molecule has 0 rings (SSSR count). The normalized spacial score (nSPS) is 9.95. The van der Waals surface area contributed by atoms with Gasteiger partial charge in [0.2, 0.25) is 0 Å². The van der Waals surface area contributed by atoms with E-state index in [1.807, 2.05) is 6.92 Å². The van der Waals surface area contributed by atoms with Crippen molar-refractivity contribution in [2.75, 3.05) is 26.2 Å². The van der Waals surface area contributed by atoms with E-state index in [1.165, 1.54) is 6.42 Å². The van der Waals surface area contributed by atoms with Crippen molar-refractivity contribution in [3.63, 3.8) is 0 Å². The van der Waals surface area contributed by atoms with Crippen LogP contribution in [0.15, 0.2) is 12.2 Å². The summed E-state index contributed by atoms with van der Waals surface area (Å²) in [7, 11) is 0. The van der Waals surface area contributed by atoms with Crippen molar-refractivity contribution in [2.24, 2.45) is 0 Å². The van der Waals surface area contributed by atoms with Gasteiger partial charge < -0.3 is 15.0 Å². The Balaban J connectivity index is 4.13. The highest BCUT2D eigenvalue weighted by molar-refractivity contribution is 5.86. The Morgan fingerprint density at radius 2 is 1.85 bits per heavy atom. The molecule has 0 aliphatic heterocycles. The van der Waals surface area contributed by atoms with Gasteiger partial charge in [0.05, 0.1) is 6.54 Å². The zero-order valence-corrected chi connectivity index (χ0v) is 13.0. The second kappa shape index (κ2) is 11.3. The lowest BCUT2D eigenvalue weighted by atomic mass is 10.2. The summed E-state index contributed by atoms with van der Waals surface area (Å²) in [4.78, 5) is 24.9. The summed E-state index contributed by atoms with van der Waals surface area (Å²) in [6.45, 7) is 11.1. The van der Waals surface area contributed by atoms with E-state index in [4.69, 9.17) is 4.74 Å². The zero-order chi connectivity index (χ0) is 15.4. The Morgan fingerprint density at radius 3 is 2.40 bits per heavy atom. The van der Waals surface area contributed by atoms with Gasteiger partial charge in [0, 0.05) is 18.7 Å². The number of carbonyl (C=O) groups excluding carboxylic acids is 2. The van der Waals surface area contributed by atoms with Crippen molar-refractivity contribution in [3.05, 3.63) is 12.2 Å². The first-order valence-corrected chi connectivity index (χ1v) is 7.38. The Hall–Kier alpha value is -1.52. The third-order valence-electron chi connectivity index (χ3n) is 2.84. The van der Waals surface area contributed by atoms with Crippen LogP contribution in [-0.4, -0.2) is 43.1 Å². The molecule has 0 aliphatic carbocycles. The van der Waals surface area contributed by atoms with Crippen LogP contribution in [0.1, 0.15) is 46.5 Å². The third-order valence-corrected chi connectivity index (χ3v) is 2.84. The lowest BCUT2D eigenvalue weighted by Crippen LogP contribution is -2.42. The van der Waals surface area contributed by atoms with Crippen LogP contribution in [-0.2, 0) is 9.53 Å². The van der Waals surface area contributed by atoms with Gasteiger partial charge in [0.25, 0.3) is 0 Å². The topological polar surface area (TPSA) is 58.6 Å². The number of esters is 1. The minimum absolute atomic E-state index is 0.102. The van der Waals surface area contributed by atoms with Gasteiger partial charge in [-0.15, -0.1) is 0 Å². The maximum absolute atomic E-state index is 11.9. The van der Waals surface area contributed by atoms with Crippen LogP contribution in [0, 0.1) is 0 Å². The summed E-state index contributed by atoms with van der Waals surface area (Å²) < 4.78 is 5.03. The number of rotatable bonds is 10. The molecule has 0 saturated carbocycles. The second-order valence-electron chi connectivity index (χ2n) is 4.80. The number of hydrogen-bond donors (Lipinski definition) is 1. The highest BCUT2D eigenvalue weighted by atomic mass is 16.5. The lowest BCUT2D eigenvalue weighted by Gasteiger charge is -2.22. The van der Waals surface area contributed by atoms with E-state index in [0.717, 1.165) is 19.3 Å². The number of nitrogens with one attached hydrogen (secondary N) is 1. The first kappa shape index (κ1) is 18.5. The highest BCUT2D eigenvalue weighted by Gasteiger charge is 2.13. The van der Waals surface area contributed by atoms with E-state index < -0.39 is 5.97 Å². The van der Waals surface area contributed by atoms with Crippen molar-refractivity contribution in [1.29, 1.82) is 0 Å². The van der Waals surface area contributed by atoms with Crippen LogP contribution in [0.5, 0.6) is 0 Å². The number of ether oxygens (including phenoxy) is 1. The Bertz CT molecular complexity index is 316. The van der Waals surface area contributed by atoms with Crippen LogP contribution in [0.25, 0.3) is 0 Å². The molecule has 0 aliphatic rings. The SMILES string of the molecule is C=C(C)C(=O)OCCN(CCCCCC)C(=O)NCC. The monoisotopic (exact) mass is 284 g/mol. The van der Waals surface area contributed by atoms with E-state index in [2.05, 4.69) is 18.8 Å². The Morgan fingerprint density at radius 1 is 1.15 bits per heavy atom. The maximum atomic E-state index is 11.9. The molecule has 0 bridgehead atoms. The molecule has 1 N–H and O–H groups in total. The molecular weight excluding hydrogens is 256 g/mol. The van der Waals surface area contributed by atoms with Crippen LogP contribution >= 0.6 is 0 Å². The largest absolute Gasteiger partial charge is 0.460 e. The molecule has 0 unspecified atom stereocenters. The summed E-state index contributed by atoms with van der Waals surface area (Å²) in [6, 6.07) is -0.102. The molecule has 0 spiro atoms. The zero-order valence-electron chi connectivity index (χ0n) is 13.0. The quantitative estimate of drug-likeness (QED) is 0.381. The van der Waals surface area contributed by atoms with Gasteiger partial charge in [0.15, 0.2) is 0 Å². The van der Waals surface area contributed by atoms with E-state index in [1.54, 1.807) is 11.8 Å². The average Bonchev–Trinajstić information content (AvgIpc) is 2.41. The minimum Gasteiger partial charge on any atom is -0.460 e. The molecule has 2 amide bonds. The van der Waals surface area contributed by atoms with E-state index in [0.29, 0.717) is 25.2 Å². The fourth-order valence-electron chi connectivity index (χ4n) is 1.68. The molecule has 0 aromatic heterocycles. The van der Waals surface area contributed by atoms with Gasteiger partial charge in [-0.25, -0.2) is 9.59 Å². The summed E-state index contributed by atoms with van der Waals surface area (Å²) >= 11 is 0. The molecule has 0 aromatic carbocycles. The summed E-state index contributed by atoms with van der Waals surface area (Å²) in [5.74, 6) is -0.410. The fourth-order valence-corrected chi connectivity index (χ4v) is 1.68. The van der Waals surface area contributed by atoms with Crippen LogP contribution in [0.3, 0.4) is 0 Å². The Kier molecular flexibility index (Phi) is 10.5. The molecule has 0 heterocycles. The van der Waals surface area contributed by atoms with Crippen molar-refractivity contribution in [2.45, 2.75) is 46.5 Å². The molecule has 0 fully saturated rings. The van der Waals surface area contributed by atoms with E-state index >= 15 is 0 Å². The maximum Gasteiger partial charge on any atom is 0.333 e. The molecule has 0 saturated heterocycles. The van der Waals surface area contributed by atoms with Crippen molar-refractivity contribution >= 4 is 12.0 Å². The van der Waals surface area contributed by atoms with Gasteiger partial charge >= 0.3 is 12.0 Å². The number of urea groups is 1. The summed E-state index contributed by atoms with van der Waals surface area (Å²) in [5.41, 5.74) is 0.373. The van der Waals surface area contributed by atoms with Crippen molar-refractivity contribution in [1.82, 2.24) is 10.2 Å². The van der Waals surface area contributed by atoms with Crippen LogP contribution in [0.2, 0.25) is 0 Å². The van der Waals surface area contributed by atoms with Gasteiger partial charge in [-0.2, -0.15) is 0 Å². The number of amides is 2. The molecule has 5 nitrogen and oxygen atoms in total. The number of unbranched alkanes of at least 4 members (excludes halogenated alkanes) is 3. The van der Waals surface area contributed by atoms with Gasteiger partial charge in [-0.05, 0) is 20.3 Å². The minimum atomic E-state index is -0.410. The third kappa shape index (κ3) is 8.56. The lowest BCUT2D eigenvalue weighted by molar-refractivity contribution is -0.139. The molecule has 0 atom stereocenters. The van der Waals surface area contributed by atoms with E-state index in [9.17, 15) is 9.59 Å². The van der Waals surface area contributed by atoms with Crippen molar-refractivity contribution in [3.8, 4) is 0 Å². The van der Waals surface area contributed by atoms with Crippen LogP contribution < -0.4 is 5.32 Å². The average molecular weight is 284 g/mol. The predicted octanol–water partition coefficient (Wildman–Crippen LogP) is 2.72. The summed E-state index contributed by atoms with van der Waals surface area (Å²) in [6.07, 6.45) is 4.42. The smallest absolute Gasteiger partial charge is 0.333 e. The molecule has 5 heteroatoms. The first-order chi connectivity index (χ1) is 9.52. The predicted molar refractivity (Wildman–Crippen MR) is 80.6 cm³/mol. The molecule has 0 aromatic rings. The van der Waals surface area contributed by atoms with E-state index in [-0.39, 0.29) is 12.6 Å². The number of hydrogen-bond acceptors (Lipinski definition) is 3. The van der Waals surface area contributed by atoms with Gasteiger partial charge in [-0.1, -0.05) is 32.8 Å². The summed E-state index contributed by atoms with van der Waals surface area (Å²) in [5, 5.41) is 2.78. The number of carbonyl (C=O) groups is 2. The number of nitrogens with zero attached hydrogens (tertiary/aromatic N) is 1. The first-order valence-electron chi connectivity index (χ1n) is 7.38. The molecule has 0 radical (unpaired) electrons. The molecular formula is C15H28N2O3. The highest BCUT2D eigenvalue weighted by Crippen LogP contribution is 2.02. The molecule has 20 heavy (non-hydrogen) atoms. The molecule has 116 valence electrons. The Labute approximate surface area is 122 Å². The van der Waals surface area contributed by atoms with Crippen LogP contribution in [0.4, 0.5) is 4.79 Å². The van der Waals surface area contributed by atoms with Crippen molar-refractivity contribution < 1.29 is 14.3 Å². The standard InChI is InChI=1S/C15H28N2O3/c1-5-7-8-9-10-17(15(19)16-6-2)11-12-20-14(18)13(3)4/h3,5-12H2,1-2,4H3,(H,16,19). The van der Waals surface area contributed by atoms with Gasteiger partial charge in [-0.3, -0.25) is 0 Å². The second-order valence-corrected chi connectivity index (χ2v) is 4.80. The van der Waals surface area contributed by atoms with Gasteiger partial charge in [0.1, 0.15) is 6.61 Å². The fraction of sp³-hybridized carbons (Fsp3) is 0.733.